The third-order valence-electron chi connectivity index (χ3n) is 6.12. The van der Waals surface area contributed by atoms with Crippen molar-refractivity contribution in [2.45, 2.75) is 58.5 Å². The van der Waals surface area contributed by atoms with E-state index in [9.17, 15) is 14.4 Å². The van der Waals surface area contributed by atoms with Crippen molar-refractivity contribution in [3.05, 3.63) is 21.6 Å². The molecule has 0 aliphatic carbocycles. The van der Waals surface area contributed by atoms with E-state index in [1.165, 1.54) is 0 Å². The van der Waals surface area contributed by atoms with Gasteiger partial charge < -0.3 is 19.6 Å². The van der Waals surface area contributed by atoms with Gasteiger partial charge in [-0.15, -0.1) is 0 Å². The molecule has 2 N–H and O–H groups in total. The van der Waals surface area contributed by atoms with E-state index in [4.69, 9.17) is 4.74 Å². The number of nitrogens with zero attached hydrogens (tertiary/aromatic N) is 2. The summed E-state index contributed by atoms with van der Waals surface area (Å²) in [6.45, 7) is 8.52. The van der Waals surface area contributed by atoms with Crippen molar-refractivity contribution in [2.75, 3.05) is 26.2 Å². The number of hydrogen-bond acceptors (Lipinski definition) is 4. The fourth-order valence-electron chi connectivity index (χ4n) is 4.06. The molecule has 8 nitrogen and oxygen atoms in total. The van der Waals surface area contributed by atoms with Crippen LogP contribution in [0.3, 0.4) is 0 Å². The number of aryl methyl sites for hydroxylation is 1. The van der Waals surface area contributed by atoms with Crippen LogP contribution in [-0.4, -0.2) is 63.8 Å². The maximum atomic E-state index is 12.6. The Kier molecular flexibility index (Phi) is 5.62. The van der Waals surface area contributed by atoms with E-state index < -0.39 is 5.60 Å². The zero-order chi connectivity index (χ0) is 19.6. The van der Waals surface area contributed by atoms with Crippen LogP contribution in [0, 0.1) is 12.8 Å². The Balaban J connectivity index is 1.56. The number of piperidine rings is 1. The smallest absolute Gasteiger partial charge is 0.410 e. The van der Waals surface area contributed by atoms with Crippen molar-refractivity contribution in [1.82, 2.24) is 20.0 Å². The molecule has 2 saturated heterocycles. The monoisotopic (exact) mass is 378 g/mol. The number of rotatable bonds is 6. The highest BCUT2D eigenvalue weighted by atomic mass is 16.6. The molecule has 150 valence electrons. The topological polar surface area (TPSA) is 98.5 Å². The summed E-state index contributed by atoms with van der Waals surface area (Å²) in [7, 11) is 0. The molecule has 2 aliphatic heterocycles. The summed E-state index contributed by atoms with van der Waals surface area (Å²) in [4.78, 5) is 40.2. The number of aromatic amines is 2. The number of amides is 2. The highest BCUT2D eigenvalue weighted by Crippen LogP contribution is 2.34. The summed E-state index contributed by atoms with van der Waals surface area (Å²) in [6, 6.07) is 0. The van der Waals surface area contributed by atoms with Gasteiger partial charge in [-0.05, 0) is 12.8 Å². The summed E-state index contributed by atoms with van der Waals surface area (Å²) in [5.74, 6) is 0.438. The average molecular weight is 378 g/mol. The van der Waals surface area contributed by atoms with Crippen LogP contribution >= 0.6 is 0 Å². The Bertz CT molecular complexity index is 741. The SMILES string of the molecule is CCC(CC)CN1CC2(CCN(C(=O)Cc3c(C)[nH][nH]c3=O)CC2)OC1=O. The third-order valence-corrected chi connectivity index (χ3v) is 6.12. The Hall–Kier alpha value is -2.25. The van der Waals surface area contributed by atoms with Crippen LogP contribution in [0.25, 0.3) is 0 Å². The lowest BCUT2D eigenvalue weighted by Crippen LogP contribution is -2.49. The Morgan fingerprint density at radius 2 is 1.85 bits per heavy atom. The highest BCUT2D eigenvalue weighted by Gasteiger charge is 2.47. The number of H-pyrrole nitrogens is 2. The molecule has 8 heteroatoms. The van der Waals surface area contributed by atoms with Gasteiger partial charge in [0, 0.05) is 43.7 Å². The van der Waals surface area contributed by atoms with Crippen molar-refractivity contribution in [1.29, 1.82) is 0 Å². The van der Waals surface area contributed by atoms with E-state index in [0.717, 1.165) is 19.4 Å². The number of nitrogens with one attached hydrogen (secondary N) is 2. The maximum absolute atomic E-state index is 12.6. The standard InChI is InChI=1S/C19H30N4O4/c1-4-14(5-2)11-23-12-19(27-18(23)26)6-8-22(9-7-19)16(24)10-15-13(3)20-21-17(15)25/h14H,4-12H2,1-3H3,(H2,20,21,25). The van der Waals surface area contributed by atoms with E-state index in [1.54, 1.807) is 11.8 Å². The van der Waals surface area contributed by atoms with Gasteiger partial charge >= 0.3 is 6.09 Å². The second kappa shape index (κ2) is 7.78. The van der Waals surface area contributed by atoms with E-state index in [1.807, 2.05) is 4.90 Å². The van der Waals surface area contributed by atoms with Crippen LogP contribution < -0.4 is 5.56 Å². The largest absolute Gasteiger partial charge is 0.441 e. The fraction of sp³-hybridized carbons (Fsp3) is 0.737. The molecule has 3 rings (SSSR count). The molecule has 2 fully saturated rings. The van der Waals surface area contributed by atoms with Gasteiger partial charge in [-0.3, -0.25) is 14.7 Å². The Morgan fingerprint density at radius 1 is 1.19 bits per heavy atom. The zero-order valence-corrected chi connectivity index (χ0v) is 16.5. The molecule has 0 atom stereocenters. The first-order valence-corrected chi connectivity index (χ1v) is 9.89. The molecular formula is C19H30N4O4. The molecule has 1 spiro atoms. The molecule has 2 amide bonds. The van der Waals surface area contributed by atoms with Gasteiger partial charge in [-0.25, -0.2) is 4.79 Å². The third kappa shape index (κ3) is 4.04. The van der Waals surface area contributed by atoms with Crippen LogP contribution in [0.4, 0.5) is 4.79 Å². The fourth-order valence-corrected chi connectivity index (χ4v) is 4.06. The minimum absolute atomic E-state index is 0.0590. The van der Waals surface area contributed by atoms with Gasteiger partial charge in [0.25, 0.3) is 5.56 Å². The summed E-state index contributed by atoms with van der Waals surface area (Å²) in [6.07, 6.45) is 3.26. The quantitative estimate of drug-likeness (QED) is 0.789. The van der Waals surface area contributed by atoms with Crippen LogP contribution in [0.2, 0.25) is 0 Å². The predicted octanol–water partition coefficient (Wildman–Crippen LogP) is 1.80. The Morgan fingerprint density at radius 3 is 2.41 bits per heavy atom. The van der Waals surface area contributed by atoms with E-state index in [-0.39, 0.29) is 24.0 Å². The molecule has 1 aromatic heterocycles. The highest BCUT2D eigenvalue weighted by molar-refractivity contribution is 5.79. The zero-order valence-electron chi connectivity index (χ0n) is 16.5. The molecule has 0 unspecified atom stereocenters. The van der Waals surface area contributed by atoms with Gasteiger partial charge in [0.15, 0.2) is 0 Å². The predicted molar refractivity (Wildman–Crippen MR) is 101 cm³/mol. The lowest BCUT2D eigenvalue weighted by atomic mass is 9.90. The lowest BCUT2D eigenvalue weighted by Gasteiger charge is -2.37. The van der Waals surface area contributed by atoms with Gasteiger partial charge in [0.1, 0.15) is 5.60 Å². The van der Waals surface area contributed by atoms with Gasteiger partial charge in [-0.2, -0.15) is 0 Å². The summed E-state index contributed by atoms with van der Waals surface area (Å²) >= 11 is 0. The molecule has 0 saturated carbocycles. The number of likely N-dealkylation sites (tertiary alicyclic amines) is 1. The van der Waals surface area contributed by atoms with Gasteiger partial charge in [0.05, 0.1) is 13.0 Å². The van der Waals surface area contributed by atoms with Crippen LogP contribution in [0.5, 0.6) is 0 Å². The number of carbonyl (C=O) groups is 2. The first-order valence-electron chi connectivity index (χ1n) is 9.89. The minimum atomic E-state index is -0.471. The molecule has 0 aromatic carbocycles. The maximum Gasteiger partial charge on any atom is 0.410 e. The number of carbonyl (C=O) groups excluding carboxylic acids is 2. The molecular weight excluding hydrogens is 348 g/mol. The summed E-state index contributed by atoms with van der Waals surface area (Å²) in [5.41, 5.74) is 0.477. The van der Waals surface area contributed by atoms with Gasteiger partial charge in [-0.1, -0.05) is 26.7 Å². The molecule has 0 radical (unpaired) electrons. The summed E-state index contributed by atoms with van der Waals surface area (Å²) < 4.78 is 5.75. The second-order valence-corrected chi connectivity index (χ2v) is 7.85. The number of ether oxygens (including phenoxy) is 1. The average Bonchev–Trinajstić information content (AvgIpc) is 3.13. The normalized spacial score (nSPS) is 19.2. The number of hydrogen-bond donors (Lipinski definition) is 2. The van der Waals surface area contributed by atoms with Crippen LogP contribution in [0.15, 0.2) is 4.79 Å². The van der Waals surface area contributed by atoms with Crippen LogP contribution in [0.1, 0.15) is 50.8 Å². The van der Waals surface area contributed by atoms with Crippen molar-refractivity contribution < 1.29 is 14.3 Å². The molecule has 3 heterocycles. The molecule has 0 bridgehead atoms. The molecule has 1 aromatic rings. The second-order valence-electron chi connectivity index (χ2n) is 7.85. The summed E-state index contributed by atoms with van der Waals surface area (Å²) in [5, 5.41) is 5.25. The van der Waals surface area contributed by atoms with Crippen molar-refractivity contribution in [2.24, 2.45) is 5.92 Å². The van der Waals surface area contributed by atoms with E-state index >= 15 is 0 Å². The number of aromatic nitrogens is 2. The van der Waals surface area contributed by atoms with Crippen LogP contribution in [-0.2, 0) is 16.0 Å². The van der Waals surface area contributed by atoms with E-state index in [2.05, 4.69) is 24.0 Å². The Labute approximate surface area is 159 Å². The van der Waals surface area contributed by atoms with Crippen molar-refractivity contribution >= 4 is 12.0 Å². The molecule has 2 aliphatic rings. The van der Waals surface area contributed by atoms with Crippen molar-refractivity contribution in [3.8, 4) is 0 Å². The first kappa shape index (κ1) is 19.5. The molecule has 27 heavy (non-hydrogen) atoms. The van der Waals surface area contributed by atoms with E-state index in [0.29, 0.717) is 49.7 Å². The lowest BCUT2D eigenvalue weighted by molar-refractivity contribution is -0.133. The van der Waals surface area contributed by atoms with Crippen molar-refractivity contribution in [3.63, 3.8) is 0 Å². The van der Waals surface area contributed by atoms with Gasteiger partial charge in [0.2, 0.25) is 5.91 Å². The minimum Gasteiger partial charge on any atom is -0.441 e. The first-order chi connectivity index (χ1) is 12.9.